The molecule has 0 unspecified atom stereocenters. The molecule has 2 N–H and O–H groups in total. The normalized spacial score (nSPS) is 12.3. The monoisotopic (exact) mass is 508 g/mol. The number of benzene rings is 3. The van der Waals surface area contributed by atoms with Gasteiger partial charge in [-0.2, -0.15) is 26.3 Å². The van der Waals surface area contributed by atoms with Crippen LogP contribution in [0.25, 0.3) is 6.08 Å². The van der Waals surface area contributed by atoms with Crippen molar-refractivity contribution in [1.82, 2.24) is 0 Å². The van der Waals surface area contributed by atoms with Crippen LogP contribution in [0.5, 0.6) is 5.75 Å². The predicted octanol–water partition coefficient (Wildman–Crippen LogP) is 7.09. The molecule has 8 heteroatoms. The highest BCUT2D eigenvalue weighted by molar-refractivity contribution is 5.53. The summed E-state index contributed by atoms with van der Waals surface area (Å²) < 4.78 is 83.4. The largest absolute Gasteiger partial charge is 0.493 e. The molecule has 0 saturated heterocycles. The quantitative estimate of drug-likeness (QED) is 0.242. The molecule has 3 aromatic rings. The molecule has 0 saturated carbocycles. The van der Waals surface area contributed by atoms with Crippen LogP contribution in [0, 0.1) is 13.8 Å². The molecule has 0 heterocycles. The summed E-state index contributed by atoms with van der Waals surface area (Å²) in [6.45, 7) is 6.09. The van der Waals surface area contributed by atoms with Gasteiger partial charge in [0, 0.05) is 11.1 Å². The topological polar surface area (TPSA) is 25.8 Å². The van der Waals surface area contributed by atoms with E-state index in [4.69, 9.17) is 4.74 Å². The molecular weight excluding hydrogens is 480 g/mol. The summed E-state index contributed by atoms with van der Waals surface area (Å²) in [7, 11) is 0. The smallest absolute Gasteiger partial charge is 0.416 e. The van der Waals surface area contributed by atoms with Crippen molar-refractivity contribution >= 4 is 6.08 Å². The van der Waals surface area contributed by atoms with Crippen molar-refractivity contribution in [1.29, 1.82) is 0 Å². The molecule has 0 aliphatic heterocycles. The van der Waals surface area contributed by atoms with Gasteiger partial charge in [0.1, 0.15) is 18.8 Å². The van der Waals surface area contributed by atoms with E-state index in [9.17, 15) is 26.3 Å². The first kappa shape index (κ1) is 27.3. The summed E-state index contributed by atoms with van der Waals surface area (Å²) >= 11 is 0. The number of ether oxygens (including phenoxy) is 1. The lowest BCUT2D eigenvalue weighted by atomic mass is 10.0. The molecule has 3 rings (SSSR count). The molecule has 0 radical (unpaired) electrons. The lowest BCUT2D eigenvalue weighted by Gasteiger charge is -2.13. The molecule has 192 valence electrons. The second-order valence-corrected chi connectivity index (χ2v) is 8.72. The van der Waals surface area contributed by atoms with E-state index in [0.717, 1.165) is 18.7 Å². The lowest BCUT2D eigenvalue weighted by molar-refractivity contribution is -0.686. The Labute approximate surface area is 206 Å². The standard InChI is InChI=1S/C28H27F6NO/c1-19-11-20(2)13-23(12-19)18-35-17-21-6-8-26(9-7-21)36-10-4-3-5-22-14-24(27(29,30)31)16-25(15-22)28(32,33)34/h3,5-9,11-16,35H,4,10,17-18H2,1-2H3/p+1/b5-3+. The molecule has 0 aliphatic carbocycles. The Morgan fingerprint density at radius 1 is 0.722 bits per heavy atom. The molecule has 0 atom stereocenters. The van der Waals surface area contributed by atoms with Crippen LogP contribution in [-0.2, 0) is 25.4 Å². The van der Waals surface area contributed by atoms with E-state index in [2.05, 4.69) is 37.4 Å². The van der Waals surface area contributed by atoms with Gasteiger partial charge in [-0.05, 0) is 68.3 Å². The van der Waals surface area contributed by atoms with Gasteiger partial charge in [-0.1, -0.05) is 41.5 Å². The number of halogens is 6. The second kappa shape index (κ2) is 11.6. The summed E-state index contributed by atoms with van der Waals surface area (Å²) in [5, 5.41) is 2.22. The number of hydrogen-bond donors (Lipinski definition) is 1. The number of hydrogen-bond acceptors (Lipinski definition) is 1. The average Bonchev–Trinajstić information content (AvgIpc) is 2.78. The van der Waals surface area contributed by atoms with Crippen molar-refractivity contribution in [3.8, 4) is 5.75 Å². The second-order valence-electron chi connectivity index (χ2n) is 8.72. The van der Waals surface area contributed by atoms with E-state index >= 15 is 0 Å². The van der Waals surface area contributed by atoms with Gasteiger partial charge in [0.05, 0.1) is 17.7 Å². The number of nitrogens with two attached hydrogens (primary N) is 1. The van der Waals surface area contributed by atoms with Gasteiger partial charge in [-0.25, -0.2) is 0 Å². The first-order chi connectivity index (χ1) is 16.9. The maximum absolute atomic E-state index is 13.0. The van der Waals surface area contributed by atoms with E-state index in [1.54, 1.807) is 0 Å². The Morgan fingerprint density at radius 2 is 1.28 bits per heavy atom. The molecule has 0 aromatic heterocycles. The summed E-state index contributed by atoms with van der Waals surface area (Å²) in [6.07, 6.45) is -6.68. The minimum Gasteiger partial charge on any atom is -0.493 e. The lowest BCUT2D eigenvalue weighted by Crippen LogP contribution is -2.80. The van der Waals surface area contributed by atoms with Gasteiger partial charge in [-0.3, -0.25) is 0 Å². The van der Waals surface area contributed by atoms with Crippen molar-refractivity contribution in [3.05, 3.63) is 106 Å². The highest BCUT2D eigenvalue weighted by Gasteiger charge is 2.36. The Balaban J connectivity index is 1.48. The van der Waals surface area contributed by atoms with Crippen molar-refractivity contribution in [2.45, 2.75) is 45.7 Å². The van der Waals surface area contributed by atoms with Crippen molar-refractivity contribution in [2.24, 2.45) is 0 Å². The summed E-state index contributed by atoms with van der Waals surface area (Å²) in [5.41, 5.74) is 2.07. The Hall–Kier alpha value is -3.26. The van der Waals surface area contributed by atoms with Gasteiger partial charge in [0.15, 0.2) is 0 Å². The van der Waals surface area contributed by atoms with Gasteiger partial charge in [-0.15, -0.1) is 0 Å². The fraction of sp³-hybridized carbons (Fsp3) is 0.286. The van der Waals surface area contributed by atoms with E-state index in [1.807, 2.05) is 24.3 Å². The highest BCUT2D eigenvalue weighted by Crippen LogP contribution is 2.36. The summed E-state index contributed by atoms with van der Waals surface area (Å²) in [5.74, 6) is 0.639. The van der Waals surface area contributed by atoms with E-state index in [1.165, 1.54) is 28.8 Å². The summed E-state index contributed by atoms with van der Waals surface area (Å²) in [6, 6.07) is 15.6. The van der Waals surface area contributed by atoms with Gasteiger partial charge in [0.25, 0.3) is 0 Å². The molecule has 0 fully saturated rings. The minimum atomic E-state index is -4.86. The maximum Gasteiger partial charge on any atom is 0.416 e. The predicted molar refractivity (Wildman–Crippen MR) is 127 cm³/mol. The first-order valence-electron chi connectivity index (χ1n) is 11.5. The maximum atomic E-state index is 13.0. The number of aryl methyl sites for hydroxylation is 2. The van der Waals surface area contributed by atoms with Gasteiger partial charge in [0.2, 0.25) is 0 Å². The van der Waals surface area contributed by atoms with Crippen molar-refractivity contribution < 1.29 is 36.4 Å². The van der Waals surface area contributed by atoms with Crippen LogP contribution >= 0.6 is 0 Å². The van der Waals surface area contributed by atoms with Gasteiger partial charge >= 0.3 is 12.4 Å². The zero-order valence-corrected chi connectivity index (χ0v) is 20.0. The third-order valence-corrected chi connectivity index (χ3v) is 5.44. The van der Waals surface area contributed by atoms with Crippen molar-refractivity contribution in [2.75, 3.05) is 6.61 Å². The number of rotatable bonds is 9. The molecule has 2 nitrogen and oxygen atoms in total. The first-order valence-corrected chi connectivity index (χ1v) is 11.5. The van der Waals surface area contributed by atoms with E-state index in [0.29, 0.717) is 24.3 Å². The zero-order chi connectivity index (χ0) is 26.3. The molecule has 3 aromatic carbocycles. The molecule has 0 aliphatic rings. The van der Waals surface area contributed by atoms with Gasteiger partial charge < -0.3 is 10.1 Å². The van der Waals surface area contributed by atoms with Crippen LogP contribution in [0.3, 0.4) is 0 Å². The van der Waals surface area contributed by atoms with E-state index < -0.39 is 23.5 Å². The molecule has 36 heavy (non-hydrogen) atoms. The van der Waals surface area contributed by atoms with Crippen LogP contribution in [-0.4, -0.2) is 6.61 Å². The van der Waals surface area contributed by atoms with Crippen LogP contribution in [0.15, 0.2) is 66.7 Å². The van der Waals surface area contributed by atoms with Crippen LogP contribution in [0.1, 0.15) is 45.4 Å². The zero-order valence-electron chi connectivity index (χ0n) is 20.0. The van der Waals surface area contributed by atoms with Crippen LogP contribution < -0.4 is 10.1 Å². The molecule has 0 spiro atoms. The fourth-order valence-corrected chi connectivity index (χ4v) is 3.85. The van der Waals surface area contributed by atoms with E-state index in [-0.39, 0.29) is 18.2 Å². The SMILES string of the molecule is Cc1cc(C)cc(C[NH2+]Cc2ccc(OCC/C=C/c3cc(C(F)(F)F)cc(C(F)(F)F)c3)cc2)c1. The average molecular weight is 509 g/mol. The molecule has 0 bridgehead atoms. The Morgan fingerprint density at radius 3 is 1.83 bits per heavy atom. The third kappa shape index (κ3) is 8.45. The van der Waals surface area contributed by atoms with Crippen LogP contribution in [0.2, 0.25) is 0 Å². The number of quaternary nitrogens is 1. The Kier molecular flexibility index (Phi) is 8.84. The minimum absolute atomic E-state index is 0.116. The summed E-state index contributed by atoms with van der Waals surface area (Å²) in [4.78, 5) is 0. The number of alkyl halides is 6. The highest BCUT2D eigenvalue weighted by atomic mass is 19.4. The molecular formula is C28H28F6NO+. The Bertz CT molecular complexity index is 1130. The molecule has 0 amide bonds. The van der Waals surface area contributed by atoms with Crippen molar-refractivity contribution in [3.63, 3.8) is 0 Å². The third-order valence-electron chi connectivity index (χ3n) is 5.44. The van der Waals surface area contributed by atoms with Crippen LogP contribution in [0.4, 0.5) is 26.3 Å². The fourth-order valence-electron chi connectivity index (χ4n) is 3.85.